The first kappa shape index (κ1) is 16.3. The van der Waals surface area contributed by atoms with Gasteiger partial charge in [0, 0.05) is 19.1 Å². The van der Waals surface area contributed by atoms with Gasteiger partial charge in [0.05, 0.1) is 0 Å². The van der Waals surface area contributed by atoms with E-state index in [1.165, 1.54) is 71.1 Å². The maximum atomic E-state index is 3.84. The first-order valence-electron chi connectivity index (χ1n) is 9.18. The van der Waals surface area contributed by atoms with Gasteiger partial charge in [-0.2, -0.15) is 0 Å². The summed E-state index contributed by atoms with van der Waals surface area (Å²) in [4.78, 5) is 2.74. The molecular formula is C18H36N2. The Morgan fingerprint density at radius 3 is 2.60 bits per heavy atom. The van der Waals surface area contributed by atoms with Crippen LogP contribution < -0.4 is 5.32 Å². The smallest absolute Gasteiger partial charge is 0.0108 e. The second-order valence-corrected chi connectivity index (χ2v) is 7.44. The first-order valence-corrected chi connectivity index (χ1v) is 9.18. The summed E-state index contributed by atoms with van der Waals surface area (Å²) in [6.07, 6.45) is 9.85. The van der Waals surface area contributed by atoms with Gasteiger partial charge in [-0.25, -0.2) is 0 Å². The third-order valence-corrected chi connectivity index (χ3v) is 5.45. The molecule has 4 unspecified atom stereocenters. The Bertz CT molecular complexity index is 266. The van der Waals surface area contributed by atoms with E-state index in [1.807, 2.05) is 0 Å². The highest BCUT2D eigenvalue weighted by Crippen LogP contribution is 2.33. The maximum Gasteiger partial charge on any atom is 0.0108 e. The van der Waals surface area contributed by atoms with Crippen LogP contribution in [-0.4, -0.2) is 37.1 Å². The SMILES string of the molecule is CCCNC1CCC(CCC)CC1CN1CCC(C)C1. The number of rotatable bonds is 7. The minimum absolute atomic E-state index is 0.791. The minimum Gasteiger partial charge on any atom is -0.314 e. The number of hydrogen-bond donors (Lipinski definition) is 1. The van der Waals surface area contributed by atoms with Crippen molar-refractivity contribution in [3.63, 3.8) is 0 Å². The van der Waals surface area contributed by atoms with E-state index in [-0.39, 0.29) is 0 Å². The highest BCUT2D eigenvalue weighted by Gasteiger charge is 2.32. The summed E-state index contributed by atoms with van der Waals surface area (Å²) in [5.41, 5.74) is 0. The van der Waals surface area contributed by atoms with Crippen molar-refractivity contribution in [2.75, 3.05) is 26.2 Å². The van der Waals surface area contributed by atoms with E-state index >= 15 is 0 Å². The molecule has 2 aliphatic rings. The van der Waals surface area contributed by atoms with Gasteiger partial charge in [0.2, 0.25) is 0 Å². The summed E-state index contributed by atoms with van der Waals surface area (Å²) < 4.78 is 0. The van der Waals surface area contributed by atoms with Crippen LogP contribution in [0.15, 0.2) is 0 Å². The summed E-state index contributed by atoms with van der Waals surface area (Å²) in [7, 11) is 0. The van der Waals surface area contributed by atoms with Crippen LogP contribution in [0.4, 0.5) is 0 Å². The molecule has 1 aliphatic carbocycles. The quantitative estimate of drug-likeness (QED) is 0.760. The molecular weight excluding hydrogens is 244 g/mol. The third kappa shape index (κ3) is 4.73. The van der Waals surface area contributed by atoms with Crippen molar-refractivity contribution in [3.05, 3.63) is 0 Å². The van der Waals surface area contributed by atoms with Gasteiger partial charge in [-0.15, -0.1) is 0 Å². The minimum atomic E-state index is 0.791. The standard InChI is InChI=1S/C18H36N2/c1-4-6-16-7-8-18(19-10-5-2)17(12-16)14-20-11-9-15(3)13-20/h15-19H,4-14H2,1-3H3. The molecule has 1 saturated heterocycles. The molecule has 1 N–H and O–H groups in total. The van der Waals surface area contributed by atoms with Gasteiger partial charge in [0.1, 0.15) is 0 Å². The predicted molar refractivity (Wildman–Crippen MR) is 88.0 cm³/mol. The van der Waals surface area contributed by atoms with Gasteiger partial charge in [-0.1, -0.05) is 33.6 Å². The van der Waals surface area contributed by atoms with Gasteiger partial charge in [0.15, 0.2) is 0 Å². The molecule has 1 heterocycles. The molecule has 0 spiro atoms. The molecule has 2 nitrogen and oxygen atoms in total. The van der Waals surface area contributed by atoms with Crippen LogP contribution in [0.2, 0.25) is 0 Å². The van der Waals surface area contributed by atoms with Crippen molar-refractivity contribution in [3.8, 4) is 0 Å². The first-order chi connectivity index (χ1) is 9.72. The van der Waals surface area contributed by atoms with Crippen molar-refractivity contribution in [2.45, 2.75) is 71.8 Å². The predicted octanol–water partition coefficient (Wildman–Crippen LogP) is 3.91. The second kappa shape index (κ2) is 8.38. The van der Waals surface area contributed by atoms with Gasteiger partial charge < -0.3 is 10.2 Å². The van der Waals surface area contributed by atoms with Crippen LogP contribution >= 0.6 is 0 Å². The monoisotopic (exact) mass is 280 g/mol. The van der Waals surface area contributed by atoms with E-state index in [2.05, 4.69) is 31.0 Å². The Morgan fingerprint density at radius 2 is 1.95 bits per heavy atom. The summed E-state index contributed by atoms with van der Waals surface area (Å²) in [5.74, 6) is 2.83. The summed E-state index contributed by atoms with van der Waals surface area (Å²) >= 11 is 0. The molecule has 0 aromatic carbocycles. The molecule has 2 rings (SSSR count). The topological polar surface area (TPSA) is 15.3 Å². The fourth-order valence-electron chi connectivity index (χ4n) is 4.36. The van der Waals surface area contributed by atoms with E-state index in [1.54, 1.807) is 0 Å². The fraction of sp³-hybridized carbons (Fsp3) is 1.00. The highest BCUT2D eigenvalue weighted by atomic mass is 15.1. The zero-order valence-corrected chi connectivity index (χ0v) is 14.0. The average Bonchev–Trinajstić information content (AvgIpc) is 2.84. The zero-order valence-electron chi connectivity index (χ0n) is 14.0. The highest BCUT2D eigenvalue weighted by molar-refractivity contribution is 4.88. The lowest BCUT2D eigenvalue weighted by Gasteiger charge is -2.39. The molecule has 20 heavy (non-hydrogen) atoms. The van der Waals surface area contributed by atoms with Crippen LogP contribution in [0.3, 0.4) is 0 Å². The van der Waals surface area contributed by atoms with Crippen LogP contribution in [0.25, 0.3) is 0 Å². The van der Waals surface area contributed by atoms with Crippen molar-refractivity contribution in [1.29, 1.82) is 0 Å². The van der Waals surface area contributed by atoms with Gasteiger partial charge in [-0.05, 0) is 62.9 Å². The molecule has 2 heteroatoms. The maximum absolute atomic E-state index is 3.84. The number of likely N-dealkylation sites (tertiary alicyclic amines) is 1. The Kier molecular flexibility index (Phi) is 6.83. The summed E-state index contributed by atoms with van der Waals surface area (Å²) in [6.45, 7) is 12.3. The van der Waals surface area contributed by atoms with E-state index in [9.17, 15) is 0 Å². The van der Waals surface area contributed by atoms with Crippen LogP contribution in [0.1, 0.15) is 65.7 Å². The van der Waals surface area contributed by atoms with Crippen LogP contribution in [0.5, 0.6) is 0 Å². The normalized spacial score (nSPS) is 35.5. The molecule has 0 amide bonds. The lowest BCUT2D eigenvalue weighted by atomic mass is 9.76. The van der Waals surface area contributed by atoms with E-state index in [0.29, 0.717) is 0 Å². The molecule has 1 aliphatic heterocycles. The van der Waals surface area contributed by atoms with Crippen LogP contribution in [-0.2, 0) is 0 Å². The number of hydrogen-bond acceptors (Lipinski definition) is 2. The van der Waals surface area contributed by atoms with Crippen molar-refractivity contribution < 1.29 is 0 Å². The molecule has 0 aromatic rings. The van der Waals surface area contributed by atoms with Crippen molar-refractivity contribution in [1.82, 2.24) is 10.2 Å². The largest absolute Gasteiger partial charge is 0.314 e. The molecule has 4 atom stereocenters. The molecule has 0 radical (unpaired) electrons. The van der Waals surface area contributed by atoms with E-state index in [0.717, 1.165) is 23.8 Å². The number of nitrogens with one attached hydrogen (secondary N) is 1. The average molecular weight is 280 g/mol. The zero-order chi connectivity index (χ0) is 14.4. The van der Waals surface area contributed by atoms with Crippen molar-refractivity contribution >= 4 is 0 Å². The Balaban J connectivity index is 1.86. The second-order valence-electron chi connectivity index (χ2n) is 7.44. The van der Waals surface area contributed by atoms with Gasteiger partial charge in [0.25, 0.3) is 0 Å². The molecule has 2 fully saturated rings. The summed E-state index contributed by atoms with van der Waals surface area (Å²) in [6, 6.07) is 0.791. The third-order valence-electron chi connectivity index (χ3n) is 5.45. The van der Waals surface area contributed by atoms with E-state index in [4.69, 9.17) is 0 Å². The lowest BCUT2D eigenvalue weighted by molar-refractivity contribution is 0.147. The van der Waals surface area contributed by atoms with Gasteiger partial charge >= 0.3 is 0 Å². The van der Waals surface area contributed by atoms with Gasteiger partial charge in [-0.3, -0.25) is 0 Å². The molecule has 118 valence electrons. The fourth-order valence-corrected chi connectivity index (χ4v) is 4.36. The molecule has 0 aromatic heterocycles. The Labute approximate surface area is 126 Å². The van der Waals surface area contributed by atoms with Crippen molar-refractivity contribution in [2.24, 2.45) is 17.8 Å². The number of nitrogens with zero attached hydrogens (tertiary/aromatic N) is 1. The lowest BCUT2D eigenvalue weighted by Crippen LogP contribution is -2.45. The summed E-state index contributed by atoms with van der Waals surface area (Å²) in [5, 5.41) is 3.84. The van der Waals surface area contributed by atoms with E-state index < -0.39 is 0 Å². The Morgan fingerprint density at radius 1 is 1.10 bits per heavy atom. The molecule has 1 saturated carbocycles. The van der Waals surface area contributed by atoms with Crippen LogP contribution in [0, 0.1) is 17.8 Å². The Hall–Kier alpha value is -0.0800. The molecule has 0 bridgehead atoms.